The summed E-state index contributed by atoms with van der Waals surface area (Å²) >= 11 is 0. The van der Waals surface area contributed by atoms with Gasteiger partial charge in [0.1, 0.15) is 0 Å². The van der Waals surface area contributed by atoms with E-state index in [9.17, 15) is 10.0 Å². The molecule has 3 saturated carbocycles. The van der Waals surface area contributed by atoms with Crippen molar-refractivity contribution in [1.29, 1.82) is 0 Å². The van der Waals surface area contributed by atoms with Gasteiger partial charge < -0.3 is 10.0 Å². The molecule has 2 nitrogen and oxygen atoms in total. The highest BCUT2D eigenvalue weighted by molar-refractivity contribution is 6.36. The van der Waals surface area contributed by atoms with E-state index in [0.29, 0.717) is 5.41 Å². The molecule has 3 rings (SSSR count). The first-order chi connectivity index (χ1) is 7.89. The van der Waals surface area contributed by atoms with Crippen LogP contribution >= 0.6 is 0 Å². The molecule has 3 aliphatic rings. The number of hydrogen-bond donors (Lipinski definition) is 0. The standard InChI is InChI=1S/C10H18.C4H9BO2/c1-7-4-5-8-6-9(7)10(8,2)3;1-2-3-4-5(6)7/h7-9H,4-6H2,1-3H3;2-4H2,1H3/q;-2. The van der Waals surface area contributed by atoms with Crippen molar-refractivity contribution < 1.29 is 10.0 Å². The lowest BCUT2D eigenvalue weighted by Crippen LogP contribution is -2.51. The summed E-state index contributed by atoms with van der Waals surface area (Å²) in [4.78, 5) is 0. The first-order valence-electron chi connectivity index (χ1n) is 7.21. The van der Waals surface area contributed by atoms with Gasteiger partial charge in [0.25, 0.3) is 0 Å². The number of unbranched alkanes of at least 4 members (excludes halogenated alkanes) is 1. The lowest BCUT2D eigenvalue weighted by Gasteiger charge is -2.59. The highest BCUT2D eigenvalue weighted by atomic mass is 16.4. The molecule has 0 aromatic rings. The van der Waals surface area contributed by atoms with Crippen LogP contribution in [0.2, 0.25) is 6.32 Å². The minimum absolute atomic E-state index is 0.288. The molecule has 17 heavy (non-hydrogen) atoms. The summed E-state index contributed by atoms with van der Waals surface area (Å²) in [7, 11) is -1.60. The summed E-state index contributed by atoms with van der Waals surface area (Å²) in [6.45, 7) is 9.31. The predicted octanol–water partition coefficient (Wildman–Crippen LogP) is 2.07. The van der Waals surface area contributed by atoms with Crippen LogP contribution in [0.25, 0.3) is 0 Å². The normalized spacial score (nSPS) is 33.2. The molecule has 0 aromatic heterocycles. The summed E-state index contributed by atoms with van der Waals surface area (Å²) in [5, 5.41) is 19.5. The largest absolute Gasteiger partial charge is 0.893 e. The van der Waals surface area contributed by atoms with Gasteiger partial charge in [0, 0.05) is 0 Å². The summed E-state index contributed by atoms with van der Waals surface area (Å²) in [5.41, 5.74) is 0.706. The highest BCUT2D eigenvalue weighted by Gasteiger charge is 2.52. The molecule has 0 saturated heterocycles. The third kappa shape index (κ3) is 3.72. The van der Waals surface area contributed by atoms with Crippen LogP contribution in [-0.2, 0) is 0 Å². The van der Waals surface area contributed by atoms with Gasteiger partial charge >= 0.3 is 0 Å². The Labute approximate surface area is 107 Å². The second-order valence-corrected chi connectivity index (χ2v) is 6.49. The monoisotopic (exact) mass is 238 g/mol. The summed E-state index contributed by atoms with van der Waals surface area (Å²) < 4.78 is 0. The Morgan fingerprint density at radius 2 is 1.88 bits per heavy atom. The minimum atomic E-state index is -1.60. The molecule has 100 valence electrons. The minimum Gasteiger partial charge on any atom is -0.893 e. The molecule has 0 aromatic carbocycles. The summed E-state index contributed by atoms with van der Waals surface area (Å²) in [6, 6.07) is 0. The van der Waals surface area contributed by atoms with Gasteiger partial charge in [-0.15, -0.1) is 13.4 Å². The van der Waals surface area contributed by atoms with Gasteiger partial charge in [-0.2, -0.15) is 0 Å². The maximum atomic E-state index is 9.73. The molecule has 3 aliphatic carbocycles. The van der Waals surface area contributed by atoms with Crippen LogP contribution in [0.1, 0.15) is 59.8 Å². The van der Waals surface area contributed by atoms with E-state index in [1.807, 2.05) is 6.92 Å². The SMILES string of the molecule is CC1CCC2CC1C2(C)C.CCCCB([O-])[O-]. The molecule has 0 radical (unpaired) electrons. The van der Waals surface area contributed by atoms with E-state index in [0.717, 1.165) is 30.6 Å². The quantitative estimate of drug-likeness (QED) is 0.706. The molecule has 0 aliphatic heterocycles. The zero-order chi connectivity index (χ0) is 13.1. The zero-order valence-corrected chi connectivity index (χ0v) is 11.9. The number of fused-ring (bicyclic) bond motifs is 2. The second-order valence-electron chi connectivity index (χ2n) is 6.49. The molecule has 0 heterocycles. The predicted molar refractivity (Wildman–Crippen MR) is 69.2 cm³/mol. The Morgan fingerprint density at radius 1 is 1.24 bits per heavy atom. The van der Waals surface area contributed by atoms with Gasteiger partial charge in [0.15, 0.2) is 0 Å². The van der Waals surface area contributed by atoms with Gasteiger partial charge in [-0.25, -0.2) is 0 Å². The second kappa shape index (κ2) is 6.24. The Kier molecular flexibility index (Phi) is 5.52. The topological polar surface area (TPSA) is 46.1 Å². The number of rotatable bonds is 3. The van der Waals surface area contributed by atoms with Crippen molar-refractivity contribution in [2.75, 3.05) is 0 Å². The van der Waals surface area contributed by atoms with Gasteiger partial charge in [-0.1, -0.05) is 47.0 Å². The zero-order valence-electron chi connectivity index (χ0n) is 11.9. The molecular formula is C14H27BO2-2. The number of hydrogen-bond acceptors (Lipinski definition) is 2. The van der Waals surface area contributed by atoms with Gasteiger partial charge in [0.05, 0.1) is 0 Å². The molecule has 2 bridgehead atoms. The van der Waals surface area contributed by atoms with E-state index in [-0.39, 0.29) is 6.32 Å². The van der Waals surface area contributed by atoms with Crippen molar-refractivity contribution >= 4 is 7.12 Å². The van der Waals surface area contributed by atoms with Gasteiger partial charge in [-0.3, -0.25) is 0 Å². The third-order valence-electron chi connectivity index (χ3n) is 5.00. The Balaban J connectivity index is 0.000000185. The molecule has 0 amide bonds. The van der Waals surface area contributed by atoms with Crippen LogP contribution in [0.4, 0.5) is 0 Å². The maximum Gasteiger partial charge on any atom is -0.0295 e. The average molecular weight is 238 g/mol. The van der Waals surface area contributed by atoms with Crippen molar-refractivity contribution in [2.24, 2.45) is 23.2 Å². The molecular weight excluding hydrogens is 211 g/mol. The van der Waals surface area contributed by atoms with E-state index < -0.39 is 7.12 Å². The van der Waals surface area contributed by atoms with E-state index in [1.54, 1.807) is 0 Å². The van der Waals surface area contributed by atoms with Crippen molar-refractivity contribution in [2.45, 2.75) is 66.1 Å². The van der Waals surface area contributed by atoms with Crippen molar-refractivity contribution in [3.05, 3.63) is 0 Å². The molecule has 0 spiro atoms. The first-order valence-corrected chi connectivity index (χ1v) is 7.21. The van der Waals surface area contributed by atoms with Crippen molar-refractivity contribution in [3.63, 3.8) is 0 Å². The van der Waals surface area contributed by atoms with Crippen LogP contribution < -0.4 is 10.0 Å². The van der Waals surface area contributed by atoms with E-state index in [2.05, 4.69) is 20.8 Å². The van der Waals surface area contributed by atoms with Gasteiger partial charge in [0.2, 0.25) is 0 Å². The first kappa shape index (κ1) is 15.0. The van der Waals surface area contributed by atoms with Crippen LogP contribution in [0.3, 0.4) is 0 Å². The van der Waals surface area contributed by atoms with Crippen LogP contribution in [0.15, 0.2) is 0 Å². The lowest BCUT2D eigenvalue weighted by molar-refractivity contribution is -0.348. The van der Waals surface area contributed by atoms with E-state index >= 15 is 0 Å². The maximum absolute atomic E-state index is 9.73. The Morgan fingerprint density at radius 3 is 2.12 bits per heavy atom. The summed E-state index contributed by atoms with van der Waals surface area (Å²) in [5.74, 6) is 3.15. The third-order valence-corrected chi connectivity index (χ3v) is 5.00. The lowest BCUT2D eigenvalue weighted by atomic mass is 9.46. The van der Waals surface area contributed by atoms with E-state index in [4.69, 9.17) is 0 Å². The van der Waals surface area contributed by atoms with Gasteiger partial charge in [-0.05, 0) is 36.0 Å². The fourth-order valence-electron chi connectivity index (χ4n) is 3.55. The fourth-order valence-corrected chi connectivity index (χ4v) is 3.55. The summed E-state index contributed by atoms with van der Waals surface area (Å²) in [6.07, 6.45) is 6.55. The van der Waals surface area contributed by atoms with Crippen LogP contribution in [0.5, 0.6) is 0 Å². The van der Waals surface area contributed by atoms with Crippen LogP contribution in [0, 0.1) is 23.2 Å². The highest BCUT2D eigenvalue weighted by Crippen LogP contribution is 2.61. The van der Waals surface area contributed by atoms with Crippen molar-refractivity contribution in [1.82, 2.24) is 0 Å². The Hall–Kier alpha value is -0.0151. The molecule has 3 atom stereocenters. The van der Waals surface area contributed by atoms with Crippen molar-refractivity contribution in [3.8, 4) is 0 Å². The van der Waals surface area contributed by atoms with E-state index in [1.165, 1.54) is 19.3 Å². The average Bonchev–Trinajstić information content (AvgIpc) is 2.26. The molecule has 3 unspecified atom stereocenters. The fraction of sp³-hybridized carbons (Fsp3) is 1.00. The molecule has 0 N–H and O–H groups in total. The van der Waals surface area contributed by atoms with Crippen LogP contribution in [-0.4, -0.2) is 7.12 Å². The Bertz CT molecular complexity index is 226. The molecule has 3 fully saturated rings. The smallest absolute Gasteiger partial charge is 0.0295 e. The molecule has 3 heteroatoms.